The summed E-state index contributed by atoms with van der Waals surface area (Å²) in [5.41, 5.74) is 0.0570. The molecule has 0 bridgehead atoms. The molecule has 200 valence electrons. The molecule has 3 aromatic rings. The van der Waals surface area contributed by atoms with Gasteiger partial charge >= 0.3 is 0 Å². The van der Waals surface area contributed by atoms with Gasteiger partial charge in [0.25, 0.3) is 0 Å². The molecule has 12 heteroatoms. The molecule has 0 aliphatic carbocycles. The van der Waals surface area contributed by atoms with Gasteiger partial charge in [-0.25, -0.2) is 27.8 Å². The molecule has 0 radical (unpaired) electrons. The van der Waals surface area contributed by atoms with Gasteiger partial charge in [-0.15, -0.1) is 11.3 Å². The van der Waals surface area contributed by atoms with E-state index < -0.39 is 21.4 Å². The minimum absolute atomic E-state index is 0.103. The number of hydrogen-bond donors (Lipinski definition) is 3. The van der Waals surface area contributed by atoms with E-state index in [1.807, 2.05) is 0 Å². The van der Waals surface area contributed by atoms with Crippen molar-refractivity contribution in [1.82, 2.24) is 15.0 Å². The van der Waals surface area contributed by atoms with E-state index >= 15 is 4.39 Å². The Bertz CT molecular complexity index is 1340. The fourth-order valence-electron chi connectivity index (χ4n) is 3.96. The SMILES string of the molecule is CCCS(=O)(=O)Nc1cccc(-c2nc(C3CCOCC3)sc2-c2ccnc(NCC(C)(C)O)n2)c1F. The van der Waals surface area contributed by atoms with Crippen molar-refractivity contribution in [2.45, 2.75) is 51.6 Å². The molecule has 3 N–H and O–H groups in total. The molecule has 0 spiro atoms. The number of halogens is 1. The molecule has 37 heavy (non-hydrogen) atoms. The van der Waals surface area contributed by atoms with Crippen molar-refractivity contribution >= 4 is 33.0 Å². The lowest BCUT2D eigenvalue weighted by atomic mass is 10.0. The van der Waals surface area contributed by atoms with Crippen molar-refractivity contribution in [3.8, 4) is 21.8 Å². The average molecular weight is 550 g/mol. The first-order valence-electron chi connectivity index (χ1n) is 12.2. The Morgan fingerprint density at radius 2 is 1.97 bits per heavy atom. The number of sulfonamides is 1. The molecule has 1 aliphatic heterocycles. The van der Waals surface area contributed by atoms with Crippen molar-refractivity contribution in [3.63, 3.8) is 0 Å². The number of hydrogen-bond acceptors (Lipinski definition) is 9. The minimum Gasteiger partial charge on any atom is -0.389 e. The van der Waals surface area contributed by atoms with Gasteiger partial charge in [-0.2, -0.15) is 0 Å². The summed E-state index contributed by atoms with van der Waals surface area (Å²) < 4.78 is 48.3. The molecule has 0 saturated carbocycles. The minimum atomic E-state index is -3.68. The monoisotopic (exact) mass is 549 g/mol. The number of rotatable bonds is 10. The summed E-state index contributed by atoms with van der Waals surface area (Å²) in [6.07, 6.45) is 3.64. The fraction of sp³-hybridized carbons (Fsp3) is 0.480. The Morgan fingerprint density at radius 3 is 2.68 bits per heavy atom. The summed E-state index contributed by atoms with van der Waals surface area (Å²) in [5.74, 6) is -0.293. The van der Waals surface area contributed by atoms with Crippen LogP contribution in [0.3, 0.4) is 0 Å². The molecule has 0 amide bonds. The number of aromatic nitrogens is 3. The molecule has 1 aromatic carbocycles. The van der Waals surface area contributed by atoms with Crippen LogP contribution in [0.4, 0.5) is 16.0 Å². The summed E-state index contributed by atoms with van der Waals surface area (Å²) in [6, 6.07) is 6.33. The van der Waals surface area contributed by atoms with Crippen molar-refractivity contribution in [2.75, 3.05) is 35.6 Å². The smallest absolute Gasteiger partial charge is 0.232 e. The number of nitrogens with one attached hydrogen (secondary N) is 2. The van der Waals surface area contributed by atoms with E-state index in [-0.39, 0.29) is 29.5 Å². The highest BCUT2D eigenvalue weighted by atomic mass is 32.2. The maximum atomic E-state index is 15.8. The zero-order chi connectivity index (χ0) is 26.6. The van der Waals surface area contributed by atoms with Crippen LogP contribution in [0.5, 0.6) is 0 Å². The molecule has 1 saturated heterocycles. The molecule has 0 atom stereocenters. The van der Waals surface area contributed by atoms with Crippen LogP contribution >= 0.6 is 11.3 Å². The van der Waals surface area contributed by atoms with Crippen LogP contribution in [0.25, 0.3) is 21.8 Å². The Morgan fingerprint density at radius 1 is 1.22 bits per heavy atom. The van der Waals surface area contributed by atoms with Crippen LogP contribution in [-0.2, 0) is 14.8 Å². The van der Waals surface area contributed by atoms with Crippen LogP contribution in [-0.4, -0.2) is 59.6 Å². The lowest BCUT2D eigenvalue weighted by Crippen LogP contribution is -2.29. The second-order valence-corrected chi connectivity index (χ2v) is 12.5. The van der Waals surface area contributed by atoms with Gasteiger partial charge in [0.05, 0.1) is 38.3 Å². The van der Waals surface area contributed by atoms with Gasteiger partial charge in [0.2, 0.25) is 16.0 Å². The van der Waals surface area contributed by atoms with E-state index in [0.717, 1.165) is 17.8 Å². The Labute approximate surface area is 220 Å². The van der Waals surface area contributed by atoms with Crippen LogP contribution < -0.4 is 10.0 Å². The van der Waals surface area contributed by atoms with Gasteiger partial charge in [-0.3, -0.25) is 4.72 Å². The van der Waals surface area contributed by atoms with Crippen molar-refractivity contribution < 1.29 is 22.7 Å². The topological polar surface area (TPSA) is 126 Å². The molecule has 3 heterocycles. The highest BCUT2D eigenvalue weighted by Crippen LogP contribution is 2.42. The quantitative estimate of drug-likeness (QED) is 0.334. The number of benzene rings is 1. The fourth-order valence-corrected chi connectivity index (χ4v) is 6.31. The summed E-state index contributed by atoms with van der Waals surface area (Å²) in [6.45, 7) is 6.62. The second-order valence-electron chi connectivity index (χ2n) is 9.64. The van der Waals surface area contributed by atoms with E-state index in [2.05, 4.69) is 20.0 Å². The van der Waals surface area contributed by atoms with Crippen molar-refractivity contribution in [3.05, 3.63) is 41.3 Å². The molecule has 0 unspecified atom stereocenters. The third-order valence-electron chi connectivity index (χ3n) is 5.77. The lowest BCUT2D eigenvalue weighted by Gasteiger charge is -2.19. The largest absolute Gasteiger partial charge is 0.389 e. The van der Waals surface area contributed by atoms with E-state index in [1.54, 1.807) is 45.2 Å². The summed E-state index contributed by atoms with van der Waals surface area (Å²) in [4.78, 5) is 14.4. The van der Waals surface area contributed by atoms with Crippen LogP contribution in [0.15, 0.2) is 30.5 Å². The van der Waals surface area contributed by atoms with Gasteiger partial charge in [-0.05, 0) is 51.3 Å². The normalized spacial score (nSPS) is 15.1. The molecule has 1 aliphatic rings. The lowest BCUT2D eigenvalue weighted by molar-refractivity contribution is 0.0853. The number of anilines is 2. The molecule has 2 aromatic heterocycles. The van der Waals surface area contributed by atoms with Crippen molar-refractivity contribution in [2.24, 2.45) is 0 Å². The maximum Gasteiger partial charge on any atom is 0.232 e. The van der Waals surface area contributed by atoms with Gasteiger partial charge in [0.1, 0.15) is 0 Å². The third kappa shape index (κ3) is 7.01. The van der Waals surface area contributed by atoms with Crippen LogP contribution in [0, 0.1) is 5.82 Å². The van der Waals surface area contributed by atoms with E-state index in [9.17, 15) is 13.5 Å². The van der Waals surface area contributed by atoms with E-state index in [1.165, 1.54) is 17.4 Å². The Kier molecular flexibility index (Phi) is 8.42. The first-order valence-corrected chi connectivity index (χ1v) is 14.7. The average Bonchev–Trinajstić information content (AvgIpc) is 3.30. The summed E-state index contributed by atoms with van der Waals surface area (Å²) in [5, 5.41) is 13.9. The molecular formula is C25H32FN5O4S2. The Balaban J connectivity index is 1.78. The number of nitrogens with zero attached hydrogens (tertiary/aromatic N) is 3. The van der Waals surface area contributed by atoms with Crippen molar-refractivity contribution in [1.29, 1.82) is 0 Å². The number of thiazole rings is 1. The molecule has 1 fully saturated rings. The zero-order valence-corrected chi connectivity index (χ0v) is 22.8. The van der Waals surface area contributed by atoms with Crippen LogP contribution in [0.2, 0.25) is 0 Å². The first-order chi connectivity index (χ1) is 17.6. The van der Waals surface area contributed by atoms with Gasteiger partial charge in [0.15, 0.2) is 5.82 Å². The maximum absolute atomic E-state index is 15.8. The zero-order valence-electron chi connectivity index (χ0n) is 21.1. The second kappa shape index (κ2) is 11.4. The first kappa shape index (κ1) is 27.4. The number of ether oxygens (including phenoxy) is 1. The van der Waals surface area contributed by atoms with Gasteiger partial charge < -0.3 is 15.2 Å². The van der Waals surface area contributed by atoms with E-state index in [4.69, 9.17) is 9.72 Å². The summed E-state index contributed by atoms with van der Waals surface area (Å²) >= 11 is 1.44. The van der Waals surface area contributed by atoms with Gasteiger partial charge in [-0.1, -0.05) is 13.0 Å². The molecular weight excluding hydrogens is 517 g/mol. The third-order valence-corrected chi connectivity index (χ3v) is 8.49. The Hall–Kier alpha value is -2.67. The predicted octanol–water partition coefficient (Wildman–Crippen LogP) is 4.63. The summed E-state index contributed by atoms with van der Waals surface area (Å²) in [7, 11) is -3.68. The van der Waals surface area contributed by atoms with E-state index in [0.29, 0.717) is 41.8 Å². The molecule has 4 rings (SSSR count). The predicted molar refractivity (Wildman–Crippen MR) is 144 cm³/mol. The highest BCUT2D eigenvalue weighted by Gasteiger charge is 2.26. The number of aliphatic hydroxyl groups is 1. The standard InChI is InChI=1S/C25H32FN5O4S2/c1-4-14-37(33,34)31-18-7-5-6-17(20(18)26)21-22(36-23(30-21)16-9-12-35-13-10-16)19-8-11-27-24(29-19)28-15-25(2,3)32/h5-8,11,16,31-32H,4,9-10,12-15H2,1-3H3,(H,27,28,29). The van der Waals surface area contributed by atoms with Crippen LogP contribution in [0.1, 0.15) is 51.0 Å². The highest BCUT2D eigenvalue weighted by molar-refractivity contribution is 7.92. The van der Waals surface area contributed by atoms with Gasteiger partial charge in [0, 0.05) is 37.4 Å². The molecule has 9 nitrogen and oxygen atoms in total.